The Kier molecular flexibility index (Phi) is 5.34. The molecule has 1 atom stereocenters. The van der Waals surface area contributed by atoms with Gasteiger partial charge in [-0.05, 0) is 49.9 Å². The zero-order chi connectivity index (χ0) is 18.8. The number of amides is 2. The first kappa shape index (κ1) is 18.8. The summed E-state index contributed by atoms with van der Waals surface area (Å²) in [6.45, 7) is 3.94. The molecule has 26 heavy (non-hydrogen) atoms. The van der Waals surface area contributed by atoms with Crippen molar-refractivity contribution in [3.05, 3.63) is 29.8 Å². The number of rotatable bonds is 5. The normalized spacial score (nSPS) is 23.3. The van der Waals surface area contributed by atoms with Gasteiger partial charge in [0.1, 0.15) is 0 Å². The maximum Gasteiger partial charge on any atom is 0.253 e. The minimum Gasteiger partial charge on any atom is -0.356 e. The number of hydrogen-bond donors (Lipinski definition) is 2. The maximum absolute atomic E-state index is 12.7. The van der Waals surface area contributed by atoms with E-state index in [1.807, 2.05) is 6.92 Å². The zero-order valence-electron chi connectivity index (χ0n) is 15.0. The Balaban J connectivity index is 1.70. The van der Waals surface area contributed by atoms with Crippen molar-refractivity contribution in [2.24, 2.45) is 5.41 Å². The monoisotopic (exact) mass is 379 g/mol. The van der Waals surface area contributed by atoms with Gasteiger partial charge in [0, 0.05) is 31.7 Å². The van der Waals surface area contributed by atoms with Crippen LogP contribution in [0.25, 0.3) is 0 Å². The number of carbonyl (C=O) groups is 2. The van der Waals surface area contributed by atoms with Gasteiger partial charge in [0.25, 0.3) is 5.91 Å². The second-order valence-electron chi connectivity index (χ2n) is 7.04. The molecule has 0 saturated carbocycles. The van der Waals surface area contributed by atoms with Gasteiger partial charge in [-0.2, -0.15) is 0 Å². The third-order valence-corrected chi connectivity index (χ3v) is 6.67. The summed E-state index contributed by atoms with van der Waals surface area (Å²) in [5, 5.41) is 2.90. The van der Waals surface area contributed by atoms with Gasteiger partial charge in [-0.25, -0.2) is 13.1 Å². The molecular formula is C18H25N3O4S. The van der Waals surface area contributed by atoms with E-state index in [1.54, 1.807) is 4.90 Å². The summed E-state index contributed by atoms with van der Waals surface area (Å²) in [6.07, 6.45) is 3.13. The van der Waals surface area contributed by atoms with Crippen molar-refractivity contribution in [3.8, 4) is 0 Å². The quantitative estimate of drug-likeness (QED) is 0.801. The van der Waals surface area contributed by atoms with Crippen LogP contribution in [-0.2, 0) is 14.8 Å². The van der Waals surface area contributed by atoms with E-state index in [4.69, 9.17) is 0 Å². The average Bonchev–Trinajstić information content (AvgIpc) is 3.07. The Bertz CT molecular complexity index is 791. The van der Waals surface area contributed by atoms with Gasteiger partial charge in [0.2, 0.25) is 15.9 Å². The molecule has 0 aromatic heterocycles. The highest BCUT2D eigenvalue weighted by Crippen LogP contribution is 2.37. The first-order chi connectivity index (χ1) is 12.4. The largest absolute Gasteiger partial charge is 0.356 e. The molecule has 0 radical (unpaired) electrons. The number of likely N-dealkylation sites (tertiary alicyclic amines) is 1. The van der Waals surface area contributed by atoms with Crippen LogP contribution in [0.3, 0.4) is 0 Å². The molecule has 3 rings (SSSR count). The first-order valence-electron chi connectivity index (χ1n) is 9.05. The second-order valence-corrected chi connectivity index (χ2v) is 8.81. The van der Waals surface area contributed by atoms with Crippen LogP contribution >= 0.6 is 0 Å². The molecule has 2 saturated heterocycles. The van der Waals surface area contributed by atoms with E-state index >= 15 is 0 Å². The maximum atomic E-state index is 12.7. The molecule has 0 unspecified atom stereocenters. The van der Waals surface area contributed by atoms with Gasteiger partial charge in [-0.1, -0.05) is 6.92 Å². The van der Waals surface area contributed by atoms with Crippen molar-refractivity contribution in [1.82, 2.24) is 14.9 Å². The summed E-state index contributed by atoms with van der Waals surface area (Å²) in [5.74, 6) is -0.117. The number of sulfonamides is 1. The fourth-order valence-electron chi connectivity index (χ4n) is 3.64. The molecule has 2 fully saturated rings. The molecule has 2 heterocycles. The van der Waals surface area contributed by atoms with Crippen LogP contribution in [0, 0.1) is 5.41 Å². The molecule has 1 spiro atoms. The molecule has 1 aromatic rings. The number of hydrogen-bond acceptors (Lipinski definition) is 4. The van der Waals surface area contributed by atoms with Gasteiger partial charge < -0.3 is 10.2 Å². The van der Waals surface area contributed by atoms with E-state index in [0.717, 1.165) is 12.8 Å². The summed E-state index contributed by atoms with van der Waals surface area (Å²) in [7, 11) is -3.54. The number of nitrogens with one attached hydrogen (secondary N) is 2. The zero-order valence-corrected chi connectivity index (χ0v) is 15.8. The van der Waals surface area contributed by atoms with Crippen LogP contribution in [0.5, 0.6) is 0 Å². The lowest BCUT2D eigenvalue weighted by Gasteiger charge is -2.32. The van der Waals surface area contributed by atoms with Crippen molar-refractivity contribution in [1.29, 1.82) is 0 Å². The van der Waals surface area contributed by atoms with Gasteiger partial charge in [0.05, 0.1) is 10.3 Å². The van der Waals surface area contributed by atoms with E-state index in [0.29, 0.717) is 44.6 Å². The van der Waals surface area contributed by atoms with Crippen molar-refractivity contribution in [2.75, 3.05) is 26.2 Å². The van der Waals surface area contributed by atoms with Crippen molar-refractivity contribution >= 4 is 21.8 Å². The van der Waals surface area contributed by atoms with Gasteiger partial charge in [-0.3, -0.25) is 9.59 Å². The van der Waals surface area contributed by atoms with Gasteiger partial charge >= 0.3 is 0 Å². The molecule has 2 N–H and O–H groups in total. The van der Waals surface area contributed by atoms with Crippen molar-refractivity contribution in [2.45, 2.75) is 37.5 Å². The number of benzene rings is 1. The van der Waals surface area contributed by atoms with E-state index in [-0.39, 0.29) is 16.7 Å². The van der Waals surface area contributed by atoms with Crippen LogP contribution in [-0.4, -0.2) is 51.3 Å². The number of carbonyl (C=O) groups excluding carboxylic acids is 2. The van der Waals surface area contributed by atoms with Crippen LogP contribution < -0.4 is 10.0 Å². The number of nitrogens with zero attached hydrogens (tertiary/aromatic N) is 1. The van der Waals surface area contributed by atoms with Crippen molar-refractivity contribution in [3.63, 3.8) is 0 Å². The van der Waals surface area contributed by atoms with Crippen LogP contribution in [0.1, 0.15) is 43.0 Å². The fourth-order valence-corrected chi connectivity index (χ4v) is 4.78. The highest BCUT2D eigenvalue weighted by atomic mass is 32.2. The van der Waals surface area contributed by atoms with Crippen LogP contribution in [0.15, 0.2) is 29.2 Å². The van der Waals surface area contributed by atoms with E-state index in [9.17, 15) is 18.0 Å². The molecular weight excluding hydrogens is 354 g/mol. The third-order valence-electron chi connectivity index (χ3n) is 5.19. The molecule has 0 aliphatic carbocycles. The highest BCUT2D eigenvalue weighted by Gasteiger charge is 2.46. The Hall–Kier alpha value is -1.93. The second kappa shape index (κ2) is 7.36. The van der Waals surface area contributed by atoms with E-state index < -0.39 is 15.4 Å². The molecule has 2 aliphatic heterocycles. The molecule has 0 bridgehead atoms. The molecule has 2 amide bonds. The summed E-state index contributed by atoms with van der Waals surface area (Å²) < 4.78 is 26.7. The molecule has 7 nitrogen and oxygen atoms in total. The lowest BCUT2D eigenvalue weighted by molar-refractivity contribution is -0.132. The summed E-state index contributed by atoms with van der Waals surface area (Å²) >= 11 is 0. The highest BCUT2D eigenvalue weighted by molar-refractivity contribution is 7.89. The molecule has 142 valence electrons. The van der Waals surface area contributed by atoms with E-state index in [2.05, 4.69) is 10.0 Å². The SMILES string of the molecule is CCCNS(=O)(=O)c1ccc(C(=O)N2CC[C@@]3(CCCNC3=O)C2)cc1. The third kappa shape index (κ3) is 3.61. The molecule has 8 heteroatoms. The van der Waals surface area contributed by atoms with Crippen molar-refractivity contribution < 1.29 is 18.0 Å². The van der Waals surface area contributed by atoms with Crippen LogP contribution in [0.4, 0.5) is 0 Å². The summed E-state index contributed by atoms with van der Waals surface area (Å²) in [6, 6.07) is 5.97. The Morgan fingerprint density at radius 3 is 2.65 bits per heavy atom. The summed E-state index contributed by atoms with van der Waals surface area (Å²) in [4.78, 5) is 26.8. The minimum absolute atomic E-state index is 0.0440. The van der Waals surface area contributed by atoms with Gasteiger partial charge in [-0.15, -0.1) is 0 Å². The Morgan fingerprint density at radius 2 is 2.00 bits per heavy atom. The Labute approximate surface area is 154 Å². The predicted molar refractivity (Wildman–Crippen MR) is 97.1 cm³/mol. The van der Waals surface area contributed by atoms with E-state index in [1.165, 1.54) is 24.3 Å². The van der Waals surface area contributed by atoms with Crippen LogP contribution in [0.2, 0.25) is 0 Å². The molecule has 1 aromatic carbocycles. The topological polar surface area (TPSA) is 95.6 Å². The lowest BCUT2D eigenvalue weighted by Crippen LogP contribution is -2.47. The fraction of sp³-hybridized carbons (Fsp3) is 0.556. The standard InChI is InChI=1S/C18H25N3O4S/c1-2-10-20-26(24,25)15-6-4-14(5-7-15)16(22)21-12-9-18(13-21)8-3-11-19-17(18)23/h4-7,20H,2-3,8-13H2,1H3,(H,19,23)/t18-/m0/s1. The smallest absolute Gasteiger partial charge is 0.253 e. The lowest BCUT2D eigenvalue weighted by atomic mass is 9.79. The first-order valence-corrected chi connectivity index (χ1v) is 10.5. The average molecular weight is 379 g/mol. The summed E-state index contributed by atoms with van der Waals surface area (Å²) in [5.41, 5.74) is -0.0194. The molecule has 2 aliphatic rings. The number of piperidine rings is 1. The van der Waals surface area contributed by atoms with Gasteiger partial charge in [0.15, 0.2) is 0 Å². The predicted octanol–water partition coefficient (Wildman–Crippen LogP) is 1.12. The minimum atomic E-state index is -3.54. The Morgan fingerprint density at radius 1 is 1.27 bits per heavy atom.